The summed E-state index contributed by atoms with van der Waals surface area (Å²) in [5.41, 5.74) is 6.22. The fourth-order valence-corrected chi connectivity index (χ4v) is 4.14. The Morgan fingerprint density at radius 1 is 1.03 bits per heavy atom. The molecule has 1 amide bonds. The van der Waals surface area contributed by atoms with Gasteiger partial charge in [-0.3, -0.25) is 4.79 Å². The second kappa shape index (κ2) is 9.45. The molecular weight excluding hydrogens is 438 g/mol. The highest BCUT2D eigenvalue weighted by Crippen LogP contribution is 2.28. The molecule has 0 atom stereocenters. The highest BCUT2D eigenvalue weighted by molar-refractivity contribution is 7.99. The van der Waals surface area contributed by atoms with Crippen molar-refractivity contribution in [2.45, 2.75) is 32.9 Å². The van der Waals surface area contributed by atoms with Crippen LogP contribution in [0, 0.1) is 27.7 Å². The molecule has 4 aromatic rings. The van der Waals surface area contributed by atoms with Crippen molar-refractivity contribution in [3.8, 4) is 17.1 Å². The summed E-state index contributed by atoms with van der Waals surface area (Å²) in [6.45, 7) is 7.84. The number of nitrogens with zero attached hydrogens (tertiary/aromatic N) is 6. The molecule has 0 radical (unpaired) electrons. The SMILES string of the molecule is COc1ccc(C)cc1-n1nnnc1SCC(=O)Nc1c(C)nn(-c2ccc(C)cc2)c1C. The summed E-state index contributed by atoms with van der Waals surface area (Å²) in [6, 6.07) is 13.8. The average molecular weight is 464 g/mol. The van der Waals surface area contributed by atoms with E-state index in [-0.39, 0.29) is 11.7 Å². The summed E-state index contributed by atoms with van der Waals surface area (Å²) in [5.74, 6) is 0.623. The zero-order valence-electron chi connectivity index (χ0n) is 19.2. The van der Waals surface area contributed by atoms with Crippen LogP contribution in [0.2, 0.25) is 0 Å². The number of carbonyl (C=O) groups is 1. The predicted octanol–water partition coefficient (Wildman–Crippen LogP) is 3.82. The monoisotopic (exact) mass is 463 g/mol. The van der Waals surface area contributed by atoms with Gasteiger partial charge in [-0.25, -0.2) is 4.68 Å². The van der Waals surface area contributed by atoms with E-state index in [1.807, 2.05) is 74.8 Å². The molecule has 0 aliphatic carbocycles. The quantitative estimate of drug-likeness (QED) is 0.416. The second-order valence-electron chi connectivity index (χ2n) is 7.68. The molecule has 0 saturated heterocycles. The van der Waals surface area contributed by atoms with Crippen molar-refractivity contribution in [2.75, 3.05) is 18.2 Å². The van der Waals surface area contributed by atoms with Gasteiger partial charge < -0.3 is 10.1 Å². The molecule has 10 heteroatoms. The first-order valence-electron chi connectivity index (χ1n) is 10.4. The van der Waals surface area contributed by atoms with E-state index < -0.39 is 0 Å². The van der Waals surface area contributed by atoms with Crippen molar-refractivity contribution in [1.82, 2.24) is 30.0 Å². The predicted molar refractivity (Wildman–Crippen MR) is 128 cm³/mol. The van der Waals surface area contributed by atoms with Crippen molar-refractivity contribution in [2.24, 2.45) is 0 Å². The van der Waals surface area contributed by atoms with Crippen LogP contribution in [0.25, 0.3) is 11.4 Å². The number of ether oxygens (including phenoxy) is 1. The summed E-state index contributed by atoms with van der Waals surface area (Å²) in [7, 11) is 1.60. The lowest BCUT2D eigenvalue weighted by molar-refractivity contribution is -0.113. The molecule has 2 heterocycles. The molecule has 2 aromatic carbocycles. The third-order valence-corrected chi connectivity index (χ3v) is 6.09. The number of aryl methyl sites for hydroxylation is 3. The number of methoxy groups -OCH3 is 1. The Bertz CT molecular complexity index is 1290. The molecule has 0 fully saturated rings. The van der Waals surface area contributed by atoms with Gasteiger partial charge in [0, 0.05) is 0 Å². The van der Waals surface area contributed by atoms with E-state index in [1.54, 1.807) is 11.8 Å². The molecule has 9 nitrogen and oxygen atoms in total. The number of thioether (sulfide) groups is 1. The lowest BCUT2D eigenvalue weighted by Crippen LogP contribution is -2.16. The minimum atomic E-state index is -0.166. The Morgan fingerprint density at radius 3 is 2.48 bits per heavy atom. The molecule has 0 spiro atoms. The molecule has 0 bridgehead atoms. The molecule has 0 aliphatic rings. The Hall–Kier alpha value is -3.66. The van der Waals surface area contributed by atoms with Gasteiger partial charge in [-0.2, -0.15) is 9.78 Å². The summed E-state index contributed by atoms with van der Waals surface area (Å²) >= 11 is 1.25. The van der Waals surface area contributed by atoms with Crippen molar-refractivity contribution in [3.05, 3.63) is 65.0 Å². The maximum Gasteiger partial charge on any atom is 0.234 e. The summed E-state index contributed by atoms with van der Waals surface area (Å²) in [5, 5.41) is 20.0. The number of hydrogen-bond acceptors (Lipinski definition) is 7. The maximum atomic E-state index is 12.8. The largest absolute Gasteiger partial charge is 0.494 e. The van der Waals surface area contributed by atoms with Crippen molar-refractivity contribution in [3.63, 3.8) is 0 Å². The van der Waals surface area contributed by atoms with Gasteiger partial charge >= 0.3 is 0 Å². The summed E-state index contributed by atoms with van der Waals surface area (Å²) in [4.78, 5) is 12.8. The number of rotatable bonds is 7. The van der Waals surface area contributed by atoms with Gasteiger partial charge in [-0.15, -0.1) is 5.10 Å². The van der Waals surface area contributed by atoms with E-state index in [2.05, 4.69) is 25.9 Å². The van der Waals surface area contributed by atoms with Gasteiger partial charge in [-0.05, 0) is 68.0 Å². The molecular formula is C23H25N7O2S. The highest BCUT2D eigenvalue weighted by atomic mass is 32.2. The molecule has 170 valence electrons. The molecule has 4 rings (SSSR count). The standard InChI is InChI=1S/C23H25N7O2S/c1-14-6-9-18(10-7-14)29-17(4)22(16(3)26-29)24-21(31)13-33-23-25-27-28-30(23)19-12-15(2)8-11-20(19)32-5/h6-12H,13H2,1-5H3,(H,24,31). The van der Waals surface area contributed by atoms with Crippen molar-refractivity contribution >= 4 is 23.4 Å². The number of carbonyl (C=O) groups excluding carboxylic acids is 1. The normalized spacial score (nSPS) is 10.9. The van der Waals surface area contributed by atoms with E-state index in [9.17, 15) is 4.79 Å². The van der Waals surface area contributed by atoms with Gasteiger partial charge in [-0.1, -0.05) is 35.5 Å². The summed E-state index contributed by atoms with van der Waals surface area (Å²) in [6.07, 6.45) is 0. The Labute approximate surface area is 196 Å². The van der Waals surface area contributed by atoms with Gasteiger partial charge in [0.1, 0.15) is 11.4 Å². The first-order valence-corrected chi connectivity index (χ1v) is 11.3. The van der Waals surface area contributed by atoms with E-state index in [4.69, 9.17) is 4.74 Å². The molecule has 0 aliphatic heterocycles. The van der Waals surface area contributed by atoms with Crippen LogP contribution in [0.3, 0.4) is 0 Å². The molecule has 0 unspecified atom stereocenters. The fourth-order valence-electron chi connectivity index (χ4n) is 3.45. The van der Waals surface area contributed by atoms with Gasteiger partial charge in [0.2, 0.25) is 11.1 Å². The molecule has 2 aromatic heterocycles. The second-order valence-corrected chi connectivity index (χ2v) is 8.62. The van der Waals surface area contributed by atoms with Crippen molar-refractivity contribution in [1.29, 1.82) is 0 Å². The average Bonchev–Trinajstić information content (AvgIpc) is 3.38. The number of benzene rings is 2. The van der Waals surface area contributed by atoms with Gasteiger partial charge in [0.15, 0.2) is 0 Å². The van der Waals surface area contributed by atoms with E-state index in [1.165, 1.54) is 17.3 Å². The Kier molecular flexibility index (Phi) is 6.45. The Balaban J connectivity index is 1.48. The van der Waals surface area contributed by atoms with Crippen LogP contribution in [0.15, 0.2) is 47.6 Å². The third-order valence-electron chi connectivity index (χ3n) is 5.17. The topological polar surface area (TPSA) is 99.8 Å². The van der Waals surface area contributed by atoms with Crippen LogP contribution in [-0.2, 0) is 4.79 Å². The molecule has 33 heavy (non-hydrogen) atoms. The summed E-state index contributed by atoms with van der Waals surface area (Å²) < 4.78 is 8.86. The van der Waals surface area contributed by atoms with Crippen molar-refractivity contribution < 1.29 is 9.53 Å². The lowest BCUT2D eigenvalue weighted by atomic mass is 10.2. The number of tetrazole rings is 1. The number of amides is 1. The van der Waals surface area contributed by atoms with Crippen LogP contribution in [-0.4, -0.2) is 48.8 Å². The third kappa shape index (κ3) is 4.75. The number of aromatic nitrogens is 6. The van der Waals surface area contributed by atoms with Gasteiger partial charge in [0.25, 0.3) is 0 Å². The number of hydrogen-bond donors (Lipinski definition) is 1. The van der Waals surface area contributed by atoms with Crippen LogP contribution in [0.5, 0.6) is 5.75 Å². The minimum Gasteiger partial charge on any atom is -0.494 e. The number of nitrogens with one attached hydrogen (secondary N) is 1. The van der Waals surface area contributed by atoms with Gasteiger partial charge in [0.05, 0.1) is 35.6 Å². The van der Waals surface area contributed by atoms with E-state index in [0.29, 0.717) is 16.6 Å². The number of anilines is 1. The molecule has 1 N–H and O–H groups in total. The van der Waals surface area contributed by atoms with Crippen LogP contribution in [0.1, 0.15) is 22.5 Å². The maximum absolute atomic E-state index is 12.8. The zero-order valence-corrected chi connectivity index (χ0v) is 20.0. The van der Waals surface area contributed by atoms with Crippen LogP contribution in [0.4, 0.5) is 5.69 Å². The minimum absolute atomic E-state index is 0.142. The first-order chi connectivity index (χ1) is 15.9. The van der Waals surface area contributed by atoms with E-state index >= 15 is 0 Å². The highest BCUT2D eigenvalue weighted by Gasteiger charge is 2.18. The first kappa shape index (κ1) is 22.5. The molecule has 0 saturated carbocycles. The lowest BCUT2D eigenvalue weighted by Gasteiger charge is -2.10. The Morgan fingerprint density at radius 2 is 1.76 bits per heavy atom. The fraction of sp³-hybridized carbons (Fsp3) is 0.261. The zero-order chi connectivity index (χ0) is 23.5. The smallest absolute Gasteiger partial charge is 0.234 e. The van der Waals surface area contributed by atoms with E-state index in [0.717, 1.165) is 28.3 Å². The van der Waals surface area contributed by atoms with Crippen LogP contribution >= 0.6 is 11.8 Å². The van der Waals surface area contributed by atoms with Crippen LogP contribution < -0.4 is 10.1 Å².